The Balaban J connectivity index is 2.24. The maximum atomic E-state index is 12.7. The molecular formula is C17H21N3O. The summed E-state index contributed by atoms with van der Waals surface area (Å²) in [4.78, 5) is 18.7. The molecule has 0 atom stereocenters. The van der Waals surface area contributed by atoms with Gasteiger partial charge in [0.25, 0.3) is 5.91 Å². The summed E-state index contributed by atoms with van der Waals surface area (Å²) in [6, 6.07) is 13.3. The molecule has 21 heavy (non-hydrogen) atoms. The highest BCUT2D eigenvalue weighted by Crippen LogP contribution is 2.17. The van der Waals surface area contributed by atoms with Crippen LogP contribution in [-0.2, 0) is 6.54 Å². The maximum absolute atomic E-state index is 12.7. The minimum atomic E-state index is -0.0711. The van der Waals surface area contributed by atoms with Crippen LogP contribution in [0.5, 0.6) is 0 Å². The van der Waals surface area contributed by atoms with Crippen molar-refractivity contribution < 1.29 is 4.79 Å². The van der Waals surface area contributed by atoms with Gasteiger partial charge in [0.2, 0.25) is 0 Å². The van der Waals surface area contributed by atoms with Crippen molar-refractivity contribution in [2.24, 2.45) is 5.73 Å². The SMILES string of the molecule is CCCCN(C(=O)c1ccc(CN)cn1)c1ccccc1. The lowest BCUT2D eigenvalue weighted by Crippen LogP contribution is -2.32. The first-order chi connectivity index (χ1) is 10.3. The van der Waals surface area contributed by atoms with Crippen molar-refractivity contribution in [3.63, 3.8) is 0 Å². The molecule has 0 spiro atoms. The molecule has 4 heteroatoms. The number of rotatable bonds is 6. The first kappa shape index (κ1) is 15.2. The Labute approximate surface area is 125 Å². The molecule has 1 amide bonds. The first-order valence-electron chi connectivity index (χ1n) is 7.28. The second-order valence-electron chi connectivity index (χ2n) is 4.90. The van der Waals surface area contributed by atoms with Crippen molar-refractivity contribution in [3.05, 3.63) is 59.9 Å². The van der Waals surface area contributed by atoms with Gasteiger partial charge in [0.1, 0.15) is 5.69 Å². The second-order valence-corrected chi connectivity index (χ2v) is 4.90. The van der Waals surface area contributed by atoms with Gasteiger partial charge in [-0.25, -0.2) is 0 Å². The van der Waals surface area contributed by atoms with Gasteiger partial charge in [-0.05, 0) is 30.2 Å². The number of amides is 1. The van der Waals surface area contributed by atoms with Crippen LogP contribution < -0.4 is 10.6 Å². The molecule has 4 nitrogen and oxygen atoms in total. The van der Waals surface area contributed by atoms with E-state index in [-0.39, 0.29) is 5.91 Å². The largest absolute Gasteiger partial charge is 0.326 e. The fourth-order valence-corrected chi connectivity index (χ4v) is 2.08. The number of carbonyl (C=O) groups excluding carboxylic acids is 1. The van der Waals surface area contributed by atoms with Gasteiger partial charge in [-0.2, -0.15) is 0 Å². The number of carbonyl (C=O) groups is 1. The Morgan fingerprint density at radius 2 is 1.95 bits per heavy atom. The highest BCUT2D eigenvalue weighted by molar-refractivity contribution is 6.04. The molecule has 2 rings (SSSR count). The number of pyridine rings is 1. The summed E-state index contributed by atoms with van der Waals surface area (Å²) in [7, 11) is 0. The van der Waals surface area contributed by atoms with Crippen molar-refractivity contribution >= 4 is 11.6 Å². The van der Waals surface area contributed by atoms with Gasteiger partial charge < -0.3 is 10.6 Å². The number of aromatic nitrogens is 1. The van der Waals surface area contributed by atoms with E-state index in [9.17, 15) is 4.79 Å². The maximum Gasteiger partial charge on any atom is 0.276 e. The number of hydrogen-bond acceptors (Lipinski definition) is 3. The van der Waals surface area contributed by atoms with Gasteiger partial charge >= 0.3 is 0 Å². The van der Waals surface area contributed by atoms with Crippen LogP contribution in [0.3, 0.4) is 0 Å². The number of nitrogens with zero attached hydrogens (tertiary/aromatic N) is 2. The average molecular weight is 283 g/mol. The number of hydrogen-bond donors (Lipinski definition) is 1. The monoisotopic (exact) mass is 283 g/mol. The Hall–Kier alpha value is -2.20. The van der Waals surface area contributed by atoms with Gasteiger partial charge in [-0.3, -0.25) is 9.78 Å². The predicted molar refractivity (Wildman–Crippen MR) is 85.2 cm³/mol. The van der Waals surface area contributed by atoms with Crippen molar-refractivity contribution in [1.82, 2.24) is 4.98 Å². The Morgan fingerprint density at radius 3 is 2.52 bits per heavy atom. The molecular weight excluding hydrogens is 262 g/mol. The van der Waals surface area contributed by atoms with Gasteiger partial charge in [0.05, 0.1) is 0 Å². The second kappa shape index (κ2) is 7.55. The summed E-state index contributed by atoms with van der Waals surface area (Å²) >= 11 is 0. The zero-order valence-corrected chi connectivity index (χ0v) is 12.3. The first-order valence-corrected chi connectivity index (χ1v) is 7.28. The lowest BCUT2D eigenvalue weighted by Gasteiger charge is -2.22. The van der Waals surface area contributed by atoms with E-state index in [4.69, 9.17) is 5.73 Å². The molecule has 0 aliphatic carbocycles. The van der Waals surface area contributed by atoms with E-state index in [1.165, 1.54) is 0 Å². The molecule has 2 N–H and O–H groups in total. The molecule has 0 saturated carbocycles. The normalized spacial score (nSPS) is 10.4. The van der Waals surface area contributed by atoms with Gasteiger partial charge in [0, 0.05) is 25.0 Å². The molecule has 1 aromatic heterocycles. The van der Waals surface area contributed by atoms with E-state index in [0.717, 1.165) is 24.1 Å². The molecule has 0 unspecified atom stereocenters. The van der Waals surface area contributed by atoms with Crippen molar-refractivity contribution in [3.8, 4) is 0 Å². The zero-order valence-electron chi connectivity index (χ0n) is 12.3. The van der Waals surface area contributed by atoms with Crippen LogP contribution in [0.4, 0.5) is 5.69 Å². The Bertz CT molecular complexity index is 566. The lowest BCUT2D eigenvalue weighted by molar-refractivity contribution is 0.0982. The number of unbranched alkanes of at least 4 members (excludes halogenated alkanes) is 1. The smallest absolute Gasteiger partial charge is 0.276 e. The van der Waals surface area contributed by atoms with Crippen LogP contribution in [0.2, 0.25) is 0 Å². The van der Waals surface area contributed by atoms with Crippen molar-refractivity contribution in [1.29, 1.82) is 0 Å². The summed E-state index contributed by atoms with van der Waals surface area (Å²) < 4.78 is 0. The van der Waals surface area contributed by atoms with Crippen LogP contribution >= 0.6 is 0 Å². The van der Waals surface area contributed by atoms with Gasteiger partial charge in [-0.1, -0.05) is 37.6 Å². The van der Waals surface area contributed by atoms with E-state index < -0.39 is 0 Å². The third-order valence-electron chi connectivity index (χ3n) is 3.33. The molecule has 1 aromatic carbocycles. The third-order valence-corrected chi connectivity index (χ3v) is 3.33. The van der Waals surface area contributed by atoms with Crippen LogP contribution in [0.25, 0.3) is 0 Å². The predicted octanol–water partition coefficient (Wildman–Crippen LogP) is 2.99. The van der Waals surface area contributed by atoms with Gasteiger partial charge in [-0.15, -0.1) is 0 Å². The Morgan fingerprint density at radius 1 is 1.19 bits per heavy atom. The minimum absolute atomic E-state index is 0.0711. The third kappa shape index (κ3) is 3.89. The van der Waals surface area contributed by atoms with E-state index in [1.54, 1.807) is 17.2 Å². The quantitative estimate of drug-likeness (QED) is 0.886. The number of anilines is 1. The molecule has 0 saturated heterocycles. The number of nitrogens with two attached hydrogens (primary N) is 1. The van der Waals surface area contributed by atoms with E-state index in [2.05, 4.69) is 11.9 Å². The average Bonchev–Trinajstić information content (AvgIpc) is 2.56. The highest BCUT2D eigenvalue weighted by atomic mass is 16.2. The number of benzene rings is 1. The molecule has 0 radical (unpaired) electrons. The van der Waals surface area contributed by atoms with Crippen LogP contribution in [0, 0.1) is 0 Å². The van der Waals surface area contributed by atoms with Gasteiger partial charge in [0.15, 0.2) is 0 Å². The molecule has 2 aromatic rings. The zero-order chi connectivity index (χ0) is 15.1. The van der Waals surface area contributed by atoms with Crippen LogP contribution in [0.1, 0.15) is 35.8 Å². The number of para-hydroxylation sites is 1. The Kier molecular flexibility index (Phi) is 5.46. The van der Waals surface area contributed by atoms with E-state index in [1.807, 2.05) is 36.4 Å². The van der Waals surface area contributed by atoms with E-state index >= 15 is 0 Å². The van der Waals surface area contributed by atoms with Crippen LogP contribution in [0.15, 0.2) is 48.7 Å². The summed E-state index contributed by atoms with van der Waals surface area (Å²) in [6.07, 6.45) is 3.66. The molecule has 0 fully saturated rings. The molecule has 0 aliphatic heterocycles. The molecule has 0 bridgehead atoms. The van der Waals surface area contributed by atoms with Crippen molar-refractivity contribution in [2.45, 2.75) is 26.3 Å². The summed E-state index contributed by atoms with van der Waals surface area (Å²) in [5.74, 6) is -0.0711. The molecule has 110 valence electrons. The van der Waals surface area contributed by atoms with Crippen molar-refractivity contribution in [2.75, 3.05) is 11.4 Å². The molecule has 0 aliphatic rings. The standard InChI is InChI=1S/C17H21N3O/c1-2-3-11-20(15-7-5-4-6-8-15)17(21)16-10-9-14(12-18)13-19-16/h4-10,13H,2-3,11-12,18H2,1H3. The van der Waals surface area contributed by atoms with Crippen LogP contribution in [-0.4, -0.2) is 17.4 Å². The minimum Gasteiger partial charge on any atom is -0.326 e. The summed E-state index contributed by atoms with van der Waals surface area (Å²) in [5.41, 5.74) is 7.83. The lowest BCUT2D eigenvalue weighted by atomic mass is 10.2. The fourth-order valence-electron chi connectivity index (χ4n) is 2.08. The molecule has 1 heterocycles. The summed E-state index contributed by atoms with van der Waals surface area (Å²) in [5, 5.41) is 0. The summed E-state index contributed by atoms with van der Waals surface area (Å²) in [6.45, 7) is 3.24. The topological polar surface area (TPSA) is 59.2 Å². The fraction of sp³-hybridized carbons (Fsp3) is 0.294. The highest BCUT2D eigenvalue weighted by Gasteiger charge is 2.18. The van der Waals surface area contributed by atoms with E-state index in [0.29, 0.717) is 18.8 Å².